The predicted molar refractivity (Wildman–Crippen MR) is 73.0 cm³/mol. The van der Waals surface area contributed by atoms with Crippen molar-refractivity contribution in [2.24, 2.45) is 0 Å². The Balaban J connectivity index is 2.57. The highest BCUT2D eigenvalue weighted by molar-refractivity contribution is 5.71. The second-order valence-corrected chi connectivity index (χ2v) is 4.54. The number of para-hydroxylation sites is 1. The molecule has 4 heteroatoms. The van der Waals surface area contributed by atoms with E-state index in [1.54, 1.807) is 0 Å². The van der Waals surface area contributed by atoms with Crippen LogP contribution in [0.25, 0.3) is 0 Å². The van der Waals surface area contributed by atoms with Gasteiger partial charge in [0.25, 0.3) is 0 Å². The quantitative estimate of drug-likeness (QED) is 0.620. The molecule has 0 saturated carbocycles. The molecule has 0 atom stereocenters. The number of esters is 1. The Morgan fingerprint density at radius 1 is 1.39 bits per heavy atom. The van der Waals surface area contributed by atoms with Crippen molar-refractivity contribution in [1.82, 2.24) is 4.90 Å². The third-order valence-electron chi connectivity index (χ3n) is 2.62. The Bertz CT molecular complexity index is 391. The van der Waals surface area contributed by atoms with Gasteiger partial charge in [0.1, 0.15) is 0 Å². The lowest BCUT2D eigenvalue weighted by Gasteiger charge is -2.21. The first kappa shape index (κ1) is 14.5. The fourth-order valence-corrected chi connectivity index (χ4v) is 1.68. The number of carbonyl (C=O) groups excluding carboxylic acids is 1. The van der Waals surface area contributed by atoms with Crippen molar-refractivity contribution in [1.29, 1.82) is 0 Å². The molecule has 0 aromatic heterocycles. The van der Waals surface area contributed by atoms with Crippen molar-refractivity contribution in [3.8, 4) is 0 Å². The predicted octanol–water partition coefficient (Wildman–Crippen LogP) is 2.04. The molecule has 1 aromatic rings. The number of likely N-dealkylation sites (N-methyl/N-ethyl adjacent to an activating group) is 1. The van der Waals surface area contributed by atoms with E-state index in [1.165, 1.54) is 0 Å². The molecule has 0 fully saturated rings. The Morgan fingerprint density at radius 2 is 2.06 bits per heavy atom. The molecule has 0 bridgehead atoms. The molecule has 0 saturated heterocycles. The maximum Gasteiger partial charge on any atom is 0.320 e. The standard InChI is InChI=1S/C14H22N2O2/c1-4-16(10-14(17)18-11(2)3)9-12-7-5-6-8-13(12)15/h5-8,11H,4,9-10,15H2,1-3H3. The molecule has 0 unspecified atom stereocenters. The lowest BCUT2D eigenvalue weighted by atomic mass is 10.1. The van der Waals surface area contributed by atoms with Gasteiger partial charge in [0.15, 0.2) is 0 Å². The van der Waals surface area contributed by atoms with Crippen LogP contribution in [0.15, 0.2) is 24.3 Å². The summed E-state index contributed by atoms with van der Waals surface area (Å²) in [5, 5.41) is 0. The van der Waals surface area contributed by atoms with Gasteiger partial charge in [-0.25, -0.2) is 0 Å². The Labute approximate surface area is 109 Å². The summed E-state index contributed by atoms with van der Waals surface area (Å²) in [4.78, 5) is 13.6. The van der Waals surface area contributed by atoms with Gasteiger partial charge in [0.2, 0.25) is 0 Å². The van der Waals surface area contributed by atoms with Crippen LogP contribution >= 0.6 is 0 Å². The number of nitrogens with zero attached hydrogens (tertiary/aromatic N) is 1. The fraction of sp³-hybridized carbons (Fsp3) is 0.500. The Kier molecular flexibility index (Phi) is 5.65. The highest BCUT2D eigenvalue weighted by Gasteiger charge is 2.12. The summed E-state index contributed by atoms with van der Waals surface area (Å²) in [7, 11) is 0. The first-order chi connectivity index (χ1) is 8.52. The van der Waals surface area contributed by atoms with Gasteiger partial charge in [0, 0.05) is 12.2 Å². The van der Waals surface area contributed by atoms with E-state index in [2.05, 4.69) is 0 Å². The monoisotopic (exact) mass is 250 g/mol. The van der Waals surface area contributed by atoms with E-state index in [9.17, 15) is 4.79 Å². The molecule has 0 spiro atoms. The number of nitrogen functional groups attached to an aromatic ring is 1. The number of nitrogens with two attached hydrogens (primary N) is 1. The summed E-state index contributed by atoms with van der Waals surface area (Å²) >= 11 is 0. The second-order valence-electron chi connectivity index (χ2n) is 4.54. The first-order valence-corrected chi connectivity index (χ1v) is 6.28. The Morgan fingerprint density at radius 3 is 2.61 bits per heavy atom. The van der Waals surface area contributed by atoms with Gasteiger partial charge in [-0.3, -0.25) is 9.69 Å². The summed E-state index contributed by atoms with van der Waals surface area (Å²) in [6.07, 6.45) is -0.0713. The number of ether oxygens (including phenoxy) is 1. The number of hydrogen-bond donors (Lipinski definition) is 1. The lowest BCUT2D eigenvalue weighted by Crippen LogP contribution is -2.31. The van der Waals surface area contributed by atoms with Crippen molar-refractivity contribution in [3.05, 3.63) is 29.8 Å². The van der Waals surface area contributed by atoms with Gasteiger partial charge < -0.3 is 10.5 Å². The number of anilines is 1. The van der Waals surface area contributed by atoms with E-state index in [0.717, 1.165) is 17.8 Å². The van der Waals surface area contributed by atoms with Crippen LogP contribution in [0.3, 0.4) is 0 Å². The largest absolute Gasteiger partial charge is 0.462 e. The van der Waals surface area contributed by atoms with Crippen LogP contribution in [-0.2, 0) is 16.1 Å². The molecule has 18 heavy (non-hydrogen) atoms. The summed E-state index contributed by atoms with van der Waals surface area (Å²) in [5.74, 6) is -0.193. The second kappa shape index (κ2) is 7.01. The highest BCUT2D eigenvalue weighted by atomic mass is 16.5. The van der Waals surface area contributed by atoms with Crippen LogP contribution in [0.2, 0.25) is 0 Å². The van der Waals surface area contributed by atoms with Gasteiger partial charge >= 0.3 is 5.97 Å². The van der Waals surface area contributed by atoms with E-state index < -0.39 is 0 Å². The maximum absolute atomic E-state index is 11.6. The smallest absolute Gasteiger partial charge is 0.320 e. The topological polar surface area (TPSA) is 55.6 Å². The zero-order chi connectivity index (χ0) is 13.5. The van der Waals surface area contributed by atoms with E-state index in [-0.39, 0.29) is 12.1 Å². The van der Waals surface area contributed by atoms with Gasteiger partial charge in [-0.1, -0.05) is 25.1 Å². The van der Waals surface area contributed by atoms with Gasteiger partial charge in [-0.2, -0.15) is 0 Å². The summed E-state index contributed by atoms with van der Waals surface area (Å²) in [6.45, 7) is 7.45. The minimum absolute atomic E-state index is 0.0713. The lowest BCUT2D eigenvalue weighted by molar-refractivity contribution is -0.148. The van der Waals surface area contributed by atoms with Crippen molar-refractivity contribution in [2.45, 2.75) is 33.4 Å². The van der Waals surface area contributed by atoms with Gasteiger partial charge in [-0.15, -0.1) is 0 Å². The number of hydrogen-bond acceptors (Lipinski definition) is 4. The molecule has 0 aliphatic rings. The van der Waals surface area contributed by atoms with Crippen LogP contribution in [0.5, 0.6) is 0 Å². The minimum Gasteiger partial charge on any atom is -0.462 e. The number of carbonyl (C=O) groups is 1. The van der Waals surface area contributed by atoms with Gasteiger partial charge in [-0.05, 0) is 32.0 Å². The highest BCUT2D eigenvalue weighted by Crippen LogP contribution is 2.13. The van der Waals surface area contributed by atoms with Crippen LogP contribution in [0.4, 0.5) is 5.69 Å². The van der Waals surface area contributed by atoms with E-state index >= 15 is 0 Å². The maximum atomic E-state index is 11.6. The van der Waals surface area contributed by atoms with Crippen LogP contribution in [0.1, 0.15) is 26.3 Å². The van der Waals surface area contributed by atoms with Crippen LogP contribution in [0, 0.1) is 0 Å². The summed E-state index contributed by atoms with van der Waals surface area (Å²) < 4.78 is 5.14. The molecule has 0 radical (unpaired) electrons. The average molecular weight is 250 g/mol. The van der Waals surface area contributed by atoms with E-state index in [4.69, 9.17) is 10.5 Å². The average Bonchev–Trinajstić information content (AvgIpc) is 2.30. The SMILES string of the molecule is CCN(CC(=O)OC(C)C)Cc1ccccc1N. The number of benzene rings is 1. The summed E-state index contributed by atoms with van der Waals surface area (Å²) in [6, 6.07) is 7.70. The molecule has 4 nitrogen and oxygen atoms in total. The minimum atomic E-state index is -0.193. The number of rotatable bonds is 6. The van der Waals surface area contributed by atoms with Crippen LogP contribution < -0.4 is 5.73 Å². The molecular weight excluding hydrogens is 228 g/mol. The normalized spacial score (nSPS) is 10.9. The van der Waals surface area contributed by atoms with Crippen molar-refractivity contribution >= 4 is 11.7 Å². The molecule has 0 aliphatic carbocycles. The van der Waals surface area contributed by atoms with E-state index in [1.807, 2.05) is 49.9 Å². The van der Waals surface area contributed by atoms with Crippen molar-refractivity contribution in [3.63, 3.8) is 0 Å². The third-order valence-corrected chi connectivity index (χ3v) is 2.62. The zero-order valence-electron chi connectivity index (χ0n) is 11.3. The molecule has 1 aromatic carbocycles. The fourth-order valence-electron chi connectivity index (χ4n) is 1.68. The molecule has 0 aliphatic heterocycles. The molecule has 0 heterocycles. The molecule has 0 amide bonds. The van der Waals surface area contributed by atoms with Crippen LogP contribution in [-0.4, -0.2) is 30.1 Å². The molecule has 2 N–H and O–H groups in total. The Hall–Kier alpha value is -1.55. The van der Waals surface area contributed by atoms with Crippen molar-refractivity contribution in [2.75, 3.05) is 18.8 Å². The third kappa shape index (κ3) is 4.75. The zero-order valence-corrected chi connectivity index (χ0v) is 11.3. The first-order valence-electron chi connectivity index (χ1n) is 6.28. The van der Waals surface area contributed by atoms with Crippen molar-refractivity contribution < 1.29 is 9.53 Å². The molecule has 1 rings (SSSR count). The van der Waals surface area contributed by atoms with Gasteiger partial charge in [0.05, 0.1) is 12.6 Å². The summed E-state index contributed by atoms with van der Waals surface area (Å²) in [5.41, 5.74) is 7.69. The molecule has 100 valence electrons. The molecular formula is C14H22N2O2. The van der Waals surface area contributed by atoms with E-state index in [0.29, 0.717) is 13.1 Å².